The third-order valence-corrected chi connectivity index (χ3v) is 5.60. The van der Waals surface area contributed by atoms with Gasteiger partial charge in [-0.25, -0.2) is 0 Å². The van der Waals surface area contributed by atoms with Crippen LogP contribution in [0.3, 0.4) is 0 Å². The molecule has 2 aliphatic carbocycles. The highest BCUT2D eigenvalue weighted by atomic mass is 16.5. The zero-order valence-corrected chi connectivity index (χ0v) is 12.8. The molecular formula is C16H24O6-2. The van der Waals surface area contributed by atoms with Crippen molar-refractivity contribution in [3.8, 4) is 0 Å². The third kappa shape index (κ3) is 2.63. The van der Waals surface area contributed by atoms with E-state index in [-0.39, 0.29) is 0 Å². The number of carboxylic acids is 2. The summed E-state index contributed by atoms with van der Waals surface area (Å²) in [6.07, 6.45) is 6.10. The fourth-order valence-electron chi connectivity index (χ4n) is 4.31. The number of hydrogen-bond donors (Lipinski definition) is 2. The number of carbonyl (C=O) groups is 2. The van der Waals surface area contributed by atoms with Gasteiger partial charge in [0.1, 0.15) is 11.2 Å². The molecule has 0 bridgehead atoms. The maximum Gasteiger partial charge on any atom is 0.141 e. The first-order chi connectivity index (χ1) is 10.3. The maximum atomic E-state index is 11.7. The van der Waals surface area contributed by atoms with Crippen LogP contribution in [-0.4, -0.2) is 33.4 Å². The van der Waals surface area contributed by atoms with E-state index in [2.05, 4.69) is 0 Å². The molecule has 6 nitrogen and oxygen atoms in total. The summed E-state index contributed by atoms with van der Waals surface area (Å²) in [5, 5.41) is 45.0. The van der Waals surface area contributed by atoms with Gasteiger partial charge in [0.15, 0.2) is 0 Å². The Hall–Kier alpha value is -1.14. The van der Waals surface area contributed by atoms with Crippen LogP contribution in [0.5, 0.6) is 0 Å². The molecule has 0 heterocycles. The predicted octanol–water partition coefficient (Wildman–Crippen LogP) is -0.891. The molecule has 0 radical (unpaired) electrons. The lowest BCUT2D eigenvalue weighted by Crippen LogP contribution is -2.75. The van der Waals surface area contributed by atoms with Gasteiger partial charge in [-0.15, -0.1) is 0 Å². The standard InChI is InChI=1S/C16H26O6/c17-13(18)15(21,11-7-3-1-4-8-11)16(22,14(19)20)12-9-5-2-6-10-12/h11-12,21-22H,1-10H2,(H,17,18)(H,19,20)/p-2. The largest absolute Gasteiger partial charge is 0.547 e. The van der Waals surface area contributed by atoms with Crippen molar-refractivity contribution in [2.75, 3.05) is 0 Å². The van der Waals surface area contributed by atoms with Gasteiger partial charge < -0.3 is 30.0 Å². The normalized spacial score (nSPS) is 26.8. The highest BCUT2D eigenvalue weighted by molar-refractivity contribution is 5.89. The molecular weight excluding hydrogens is 288 g/mol. The van der Waals surface area contributed by atoms with Crippen molar-refractivity contribution in [2.24, 2.45) is 11.8 Å². The Balaban J connectivity index is 2.44. The first-order valence-electron chi connectivity index (χ1n) is 8.22. The zero-order valence-electron chi connectivity index (χ0n) is 12.8. The van der Waals surface area contributed by atoms with Gasteiger partial charge in [0.05, 0.1) is 11.9 Å². The van der Waals surface area contributed by atoms with Crippen LogP contribution < -0.4 is 10.2 Å². The molecule has 2 aliphatic rings. The van der Waals surface area contributed by atoms with Gasteiger partial charge in [-0.2, -0.15) is 0 Å². The van der Waals surface area contributed by atoms with Gasteiger partial charge in [0.2, 0.25) is 0 Å². The van der Waals surface area contributed by atoms with Crippen molar-refractivity contribution in [1.82, 2.24) is 0 Å². The van der Waals surface area contributed by atoms with E-state index in [0.29, 0.717) is 51.4 Å². The molecule has 0 saturated heterocycles. The molecule has 2 unspecified atom stereocenters. The van der Waals surface area contributed by atoms with Crippen molar-refractivity contribution < 1.29 is 30.0 Å². The lowest BCUT2D eigenvalue weighted by molar-refractivity contribution is -0.370. The summed E-state index contributed by atoms with van der Waals surface area (Å²) in [5.41, 5.74) is -5.59. The molecule has 6 heteroatoms. The fourth-order valence-corrected chi connectivity index (χ4v) is 4.31. The van der Waals surface area contributed by atoms with E-state index >= 15 is 0 Å². The van der Waals surface area contributed by atoms with Crippen LogP contribution in [-0.2, 0) is 9.59 Å². The Kier molecular flexibility index (Phi) is 5.12. The number of rotatable bonds is 5. The fraction of sp³-hybridized carbons (Fsp3) is 0.875. The number of carboxylic acid groups (broad SMARTS) is 2. The van der Waals surface area contributed by atoms with E-state index in [0.717, 1.165) is 12.8 Å². The van der Waals surface area contributed by atoms with Gasteiger partial charge in [0, 0.05) is 0 Å². The Morgan fingerprint density at radius 1 is 0.682 bits per heavy atom. The van der Waals surface area contributed by atoms with Gasteiger partial charge in [-0.05, 0) is 37.5 Å². The summed E-state index contributed by atoms with van der Waals surface area (Å²) in [5.74, 6) is -5.46. The number of hydrogen-bond acceptors (Lipinski definition) is 6. The summed E-state index contributed by atoms with van der Waals surface area (Å²) >= 11 is 0. The molecule has 0 aromatic heterocycles. The number of aliphatic carboxylic acids is 2. The van der Waals surface area contributed by atoms with Crippen molar-refractivity contribution >= 4 is 11.9 Å². The summed E-state index contributed by atoms with van der Waals surface area (Å²) < 4.78 is 0. The van der Waals surface area contributed by atoms with Crippen LogP contribution in [0.2, 0.25) is 0 Å². The average molecular weight is 312 g/mol. The number of carbonyl (C=O) groups excluding carboxylic acids is 2. The quantitative estimate of drug-likeness (QED) is 0.679. The minimum absolute atomic E-state index is 0.368. The van der Waals surface area contributed by atoms with Crippen molar-refractivity contribution in [2.45, 2.75) is 75.4 Å². The highest BCUT2D eigenvalue weighted by Crippen LogP contribution is 2.46. The Bertz CT molecular complexity index is 384. The molecule has 126 valence electrons. The van der Waals surface area contributed by atoms with Crippen LogP contribution in [0, 0.1) is 11.8 Å². The van der Waals surface area contributed by atoms with Gasteiger partial charge in [-0.3, -0.25) is 0 Å². The first-order valence-corrected chi connectivity index (χ1v) is 8.22. The Morgan fingerprint density at radius 2 is 0.955 bits per heavy atom. The van der Waals surface area contributed by atoms with E-state index in [1.54, 1.807) is 0 Å². The van der Waals surface area contributed by atoms with Crippen LogP contribution in [0.25, 0.3) is 0 Å². The summed E-state index contributed by atoms with van der Waals surface area (Å²) in [6, 6.07) is 0. The molecule has 22 heavy (non-hydrogen) atoms. The van der Waals surface area contributed by atoms with E-state index in [4.69, 9.17) is 0 Å². The van der Waals surface area contributed by atoms with E-state index in [9.17, 15) is 30.0 Å². The minimum Gasteiger partial charge on any atom is -0.547 e. The topological polar surface area (TPSA) is 121 Å². The van der Waals surface area contributed by atoms with Gasteiger partial charge in [-0.1, -0.05) is 38.5 Å². The average Bonchev–Trinajstić information content (AvgIpc) is 2.54. The van der Waals surface area contributed by atoms with Crippen molar-refractivity contribution in [3.63, 3.8) is 0 Å². The second kappa shape index (κ2) is 6.54. The summed E-state index contributed by atoms with van der Waals surface area (Å²) in [7, 11) is 0. The second-order valence-corrected chi connectivity index (χ2v) is 6.78. The molecule has 0 spiro atoms. The van der Waals surface area contributed by atoms with Crippen molar-refractivity contribution in [1.29, 1.82) is 0 Å². The van der Waals surface area contributed by atoms with Crippen LogP contribution in [0.15, 0.2) is 0 Å². The molecule has 0 aliphatic heterocycles. The molecule has 0 amide bonds. The van der Waals surface area contributed by atoms with Gasteiger partial charge >= 0.3 is 0 Å². The Morgan fingerprint density at radius 3 is 1.18 bits per heavy atom. The highest BCUT2D eigenvalue weighted by Gasteiger charge is 2.59. The molecule has 0 aromatic rings. The second-order valence-electron chi connectivity index (χ2n) is 6.78. The number of aliphatic hydroxyl groups is 2. The van der Waals surface area contributed by atoms with E-state index in [1.165, 1.54) is 0 Å². The third-order valence-electron chi connectivity index (χ3n) is 5.60. The molecule has 2 rings (SSSR count). The maximum absolute atomic E-state index is 11.7. The SMILES string of the molecule is O=C([O-])C(O)(C1CCCCC1)C(O)(C(=O)[O-])C1CCCCC1. The molecule has 2 saturated carbocycles. The van der Waals surface area contributed by atoms with Crippen molar-refractivity contribution in [3.05, 3.63) is 0 Å². The minimum atomic E-state index is -2.80. The molecule has 2 N–H and O–H groups in total. The van der Waals surface area contributed by atoms with Gasteiger partial charge in [0.25, 0.3) is 0 Å². The Labute approximate surface area is 130 Å². The first kappa shape index (κ1) is 17.2. The zero-order chi connectivity index (χ0) is 16.4. The lowest BCUT2D eigenvalue weighted by Gasteiger charge is -2.54. The molecule has 2 atom stereocenters. The molecule has 2 fully saturated rings. The lowest BCUT2D eigenvalue weighted by atomic mass is 9.61. The summed E-state index contributed by atoms with van der Waals surface area (Å²) in [4.78, 5) is 23.4. The smallest absolute Gasteiger partial charge is 0.141 e. The van der Waals surface area contributed by atoms with Crippen LogP contribution in [0.4, 0.5) is 0 Å². The summed E-state index contributed by atoms with van der Waals surface area (Å²) in [6.45, 7) is 0. The monoisotopic (exact) mass is 312 g/mol. The van der Waals surface area contributed by atoms with E-state index in [1.807, 2.05) is 0 Å². The van der Waals surface area contributed by atoms with E-state index < -0.39 is 35.0 Å². The van der Waals surface area contributed by atoms with Crippen LogP contribution in [0.1, 0.15) is 64.2 Å². The van der Waals surface area contributed by atoms with Crippen LogP contribution >= 0.6 is 0 Å². The molecule has 0 aromatic carbocycles. The predicted molar refractivity (Wildman–Crippen MR) is 73.1 cm³/mol.